The van der Waals surface area contributed by atoms with Gasteiger partial charge in [0.1, 0.15) is 23.1 Å². The molecule has 0 saturated carbocycles. The number of unbranched alkanes of at least 4 members (excludes halogenated alkanes) is 1. The van der Waals surface area contributed by atoms with Crippen LogP contribution in [0.1, 0.15) is 45.6 Å². The van der Waals surface area contributed by atoms with Crippen molar-refractivity contribution in [2.24, 2.45) is 0 Å². The topological polar surface area (TPSA) is 39.5 Å². The van der Waals surface area contributed by atoms with E-state index < -0.39 is 0 Å². The molecule has 3 aromatic carbocycles. The van der Waals surface area contributed by atoms with Crippen LogP contribution in [-0.2, 0) is 6.54 Å². The van der Waals surface area contributed by atoms with Crippen LogP contribution in [-0.4, -0.2) is 40.7 Å². The first-order chi connectivity index (χ1) is 17.6. The number of imidazole rings is 1. The first-order valence-corrected chi connectivity index (χ1v) is 13.3. The molecule has 0 fully saturated rings. The van der Waals surface area contributed by atoms with Crippen LogP contribution in [0.25, 0.3) is 22.4 Å². The zero-order valence-corrected chi connectivity index (χ0v) is 22.2. The molecule has 0 aliphatic rings. The third-order valence-corrected chi connectivity index (χ3v) is 6.59. The van der Waals surface area contributed by atoms with Crippen molar-refractivity contribution >= 4 is 11.0 Å². The van der Waals surface area contributed by atoms with Gasteiger partial charge in [0, 0.05) is 24.7 Å². The van der Waals surface area contributed by atoms with Gasteiger partial charge >= 0.3 is 0 Å². The molecule has 0 bridgehead atoms. The molecule has 0 unspecified atom stereocenters. The Balaban J connectivity index is 1.57. The standard InChI is InChI=1S/C31H39N3O2/c1-5-8-20-34-30-23-27(35-21-10-19-33(6-2)7-3)17-18-29(30)32-31(34)25-11-9-12-28(22-25)36-26-15-13-24(4)14-16-26/h9,11-18,22-23H,5-8,10,19-21H2,1-4H3. The summed E-state index contributed by atoms with van der Waals surface area (Å²) in [5.74, 6) is 3.51. The molecule has 4 aromatic rings. The highest BCUT2D eigenvalue weighted by atomic mass is 16.5. The fourth-order valence-corrected chi connectivity index (χ4v) is 4.41. The maximum atomic E-state index is 6.14. The van der Waals surface area contributed by atoms with Gasteiger partial charge in [0.2, 0.25) is 0 Å². The number of rotatable bonds is 13. The van der Waals surface area contributed by atoms with Gasteiger partial charge in [-0.25, -0.2) is 4.98 Å². The normalized spacial score (nSPS) is 11.4. The van der Waals surface area contributed by atoms with Crippen molar-refractivity contribution in [1.82, 2.24) is 14.5 Å². The van der Waals surface area contributed by atoms with E-state index in [1.165, 1.54) is 5.56 Å². The number of aryl methyl sites for hydroxylation is 2. The lowest BCUT2D eigenvalue weighted by Gasteiger charge is -2.17. The zero-order valence-electron chi connectivity index (χ0n) is 22.2. The third-order valence-electron chi connectivity index (χ3n) is 6.59. The van der Waals surface area contributed by atoms with Gasteiger partial charge in [-0.2, -0.15) is 0 Å². The minimum absolute atomic E-state index is 0.719. The largest absolute Gasteiger partial charge is 0.493 e. The highest BCUT2D eigenvalue weighted by Gasteiger charge is 2.14. The molecule has 0 radical (unpaired) electrons. The van der Waals surface area contributed by atoms with Gasteiger partial charge in [-0.15, -0.1) is 0 Å². The van der Waals surface area contributed by atoms with Crippen LogP contribution in [0.15, 0.2) is 66.7 Å². The monoisotopic (exact) mass is 485 g/mol. The Bertz CT molecular complexity index is 1240. The number of aromatic nitrogens is 2. The molecular weight excluding hydrogens is 446 g/mol. The molecule has 190 valence electrons. The van der Waals surface area contributed by atoms with Gasteiger partial charge in [0.05, 0.1) is 17.6 Å². The molecule has 1 aromatic heterocycles. The molecule has 5 nitrogen and oxygen atoms in total. The molecular formula is C31H39N3O2. The van der Waals surface area contributed by atoms with E-state index in [0.717, 1.165) is 91.7 Å². The van der Waals surface area contributed by atoms with E-state index in [0.29, 0.717) is 0 Å². The van der Waals surface area contributed by atoms with Gasteiger partial charge in [0.15, 0.2) is 0 Å². The summed E-state index contributed by atoms with van der Waals surface area (Å²) in [4.78, 5) is 7.45. The van der Waals surface area contributed by atoms with E-state index in [1.807, 2.05) is 30.3 Å². The second kappa shape index (κ2) is 12.6. The van der Waals surface area contributed by atoms with Gasteiger partial charge in [0.25, 0.3) is 0 Å². The Kier molecular flexibility index (Phi) is 9.01. The van der Waals surface area contributed by atoms with E-state index in [1.54, 1.807) is 0 Å². The second-order valence-corrected chi connectivity index (χ2v) is 9.26. The molecule has 0 N–H and O–H groups in total. The zero-order chi connectivity index (χ0) is 25.3. The van der Waals surface area contributed by atoms with Crippen LogP contribution < -0.4 is 9.47 Å². The van der Waals surface area contributed by atoms with Crippen molar-refractivity contribution in [1.29, 1.82) is 0 Å². The van der Waals surface area contributed by atoms with Crippen molar-refractivity contribution in [3.8, 4) is 28.6 Å². The molecule has 0 spiro atoms. The molecule has 0 atom stereocenters. The molecule has 0 saturated heterocycles. The number of ether oxygens (including phenoxy) is 2. The summed E-state index contributed by atoms with van der Waals surface area (Å²) in [6.45, 7) is 13.6. The van der Waals surface area contributed by atoms with E-state index in [2.05, 4.69) is 73.6 Å². The van der Waals surface area contributed by atoms with Crippen LogP contribution >= 0.6 is 0 Å². The summed E-state index contributed by atoms with van der Waals surface area (Å²) in [5, 5.41) is 0. The highest BCUT2D eigenvalue weighted by molar-refractivity contribution is 5.82. The number of fused-ring (bicyclic) bond motifs is 1. The number of nitrogens with zero attached hydrogens (tertiary/aromatic N) is 3. The van der Waals surface area contributed by atoms with Gasteiger partial charge in [-0.1, -0.05) is 57.0 Å². The predicted octanol–water partition coefficient (Wildman–Crippen LogP) is 7.71. The average molecular weight is 486 g/mol. The predicted molar refractivity (Wildman–Crippen MR) is 149 cm³/mol. The Morgan fingerprint density at radius 1 is 0.833 bits per heavy atom. The Morgan fingerprint density at radius 2 is 1.61 bits per heavy atom. The fourth-order valence-electron chi connectivity index (χ4n) is 4.41. The van der Waals surface area contributed by atoms with E-state index in [-0.39, 0.29) is 0 Å². The first-order valence-electron chi connectivity index (χ1n) is 13.3. The third kappa shape index (κ3) is 6.46. The smallest absolute Gasteiger partial charge is 0.141 e. The molecule has 5 heteroatoms. The van der Waals surface area contributed by atoms with Gasteiger partial charge < -0.3 is 18.9 Å². The Morgan fingerprint density at radius 3 is 2.36 bits per heavy atom. The minimum atomic E-state index is 0.719. The quantitative estimate of drug-likeness (QED) is 0.182. The molecule has 0 aliphatic carbocycles. The van der Waals surface area contributed by atoms with E-state index in [9.17, 15) is 0 Å². The van der Waals surface area contributed by atoms with Gasteiger partial charge in [-0.3, -0.25) is 0 Å². The van der Waals surface area contributed by atoms with Crippen molar-refractivity contribution in [3.05, 3.63) is 72.3 Å². The summed E-state index contributed by atoms with van der Waals surface area (Å²) in [7, 11) is 0. The molecule has 1 heterocycles. The number of benzene rings is 3. The summed E-state index contributed by atoms with van der Waals surface area (Å²) < 4.78 is 14.6. The highest BCUT2D eigenvalue weighted by Crippen LogP contribution is 2.31. The Hall–Kier alpha value is -3.31. The SMILES string of the molecule is CCCCn1c(-c2cccc(Oc3ccc(C)cc3)c2)nc2ccc(OCCCN(CC)CC)cc21. The van der Waals surface area contributed by atoms with E-state index >= 15 is 0 Å². The summed E-state index contributed by atoms with van der Waals surface area (Å²) in [5.41, 5.74) is 4.37. The van der Waals surface area contributed by atoms with Crippen LogP contribution in [0.2, 0.25) is 0 Å². The summed E-state index contributed by atoms with van der Waals surface area (Å²) in [6, 6.07) is 22.6. The molecule has 4 rings (SSSR count). The molecule has 36 heavy (non-hydrogen) atoms. The van der Waals surface area contributed by atoms with Gasteiger partial charge in [-0.05, 0) is 69.3 Å². The molecule has 0 amide bonds. The summed E-state index contributed by atoms with van der Waals surface area (Å²) in [6.07, 6.45) is 3.23. The fraction of sp³-hybridized carbons (Fsp3) is 0.387. The first kappa shape index (κ1) is 25.8. The second-order valence-electron chi connectivity index (χ2n) is 9.26. The van der Waals surface area contributed by atoms with Crippen molar-refractivity contribution < 1.29 is 9.47 Å². The number of hydrogen-bond acceptors (Lipinski definition) is 4. The average Bonchev–Trinajstić information content (AvgIpc) is 3.27. The summed E-state index contributed by atoms with van der Waals surface area (Å²) >= 11 is 0. The maximum Gasteiger partial charge on any atom is 0.141 e. The lowest BCUT2D eigenvalue weighted by molar-refractivity contribution is 0.249. The maximum absolute atomic E-state index is 6.14. The van der Waals surface area contributed by atoms with Crippen LogP contribution in [0.5, 0.6) is 17.2 Å². The minimum Gasteiger partial charge on any atom is -0.493 e. The molecule has 0 aliphatic heterocycles. The van der Waals surface area contributed by atoms with Crippen molar-refractivity contribution in [2.75, 3.05) is 26.2 Å². The van der Waals surface area contributed by atoms with Crippen molar-refractivity contribution in [2.45, 2.75) is 53.5 Å². The van der Waals surface area contributed by atoms with Crippen LogP contribution in [0.4, 0.5) is 0 Å². The lowest BCUT2D eigenvalue weighted by atomic mass is 10.2. The van der Waals surface area contributed by atoms with Crippen molar-refractivity contribution in [3.63, 3.8) is 0 Å². The van der Waals surface area contributed by atoms with Crippen LogP contribution in [0, 0.1) is 6.92 Å². The Labute approximate surface area is 215 Å². The lowest BCUT2D eigenvalue weighted by Crippen LogP contribution is -2.25. The van der Waals surface area contributed by atoms with Crippen LogP contribution in [0.3, 0.4) is 0 Å². The van der Waals surface area contributed by atoms with E-state index in [4.69, 9.17) is 14.5 Å². The number of hydrogen-bond donors (Lipinski definition) is 0.